The molecule has 4 heteroatoms. The van der Waals surface area contributed by atoms with Crippen molar-refractivity contribution in [2.75, 3.05) is 0 Å². The number of hydrogen-bond acceptors (Lipinski definition) is 2. The molecular formula is C12H19NO3. The zero-order chi connectivity index (χ0) is 11.9. The lowest BCUT2D eigenvalue weighted by molar-refractivity contribution is -0.140. The normalized spacial score (nSPS) is 41.8. The highest BCUT2D eigenvalue weighted by molar-refractivity contribution is 5.89. The molecule has 0 aromatic carbocycles. The molecule has 0 heterocycles. The van der Waals surface area contributed by atoms with E-state index in [-0.39, 0.29) is 17.9 Å². The van der Waals surface area contributed by atoms with Crippen molar-refractivity contribution >= 4 is 11.9 Å². The van der Waals surface area contributed by atoms with Crippen LogP contribution >= 0.6 is 0 Å². The number of rotatable bonds is 3. The summed E-state index contributed by atoms with van der Waals surface area (Å²) in [5.74, 6) is -0.452. The summed E-state index contributed by atoms with van der Waals surface area (Å²) in [5.41, 5.74) is 0. The summed E-state index contributed by atoms with van der Waals surface area (Å²) in [6.07, 6.45) is 2.69. The van der Waals surface area contributed by atoms with Crippen LogP contribution in [0.15, 0.2) is 0 Å². The van der Waals surface area contributed by atoms with Crippen molar-refractivity contribution in [2.45, 2.75) is 39.2 Å². The minimum atomic E-state index is -0.840. The van der Waals surface area contributed by atoms with E-state index in [2.05, 4.69) is 19.2 Å². The Kier molecular flexibility index (Phi) is 2.91. The Morgan fingerprint density at radius 3 is 2.31 bits per heavy atom. The van der Waals surface area contributed by atoms with Gasteiger partial charge in [0.15, 0.2) is 0 Å². The predicted octanol–water partition coefficient (Wildman–Crippen LogP) is 1.26. The van der Waals surface area contributed by atoms with Gasteiger partial charge in [0.1, 0.15) is 0 Å². The van der Waals surface area contributed by atoms with E-state index in [1.165, 1.54) is 0 Å². The average Bonchev–Trinajstić information content (AvgIpc) is 2.97. The van der Waals surface area contributed by atoms with Crippen LogP contribution in [-0.4, -0.2) is 23.0 Å². The molecule has 0 saturated heterocycles. The summed E-state index contributed by atoms with van der Waals surface area (Å²) >= 11 is 0. The quantitative estimate of drug-likeness (QED) is 0.759. The molecule has 0 bridgehead atoms. The first-order valence-corrected chi connectivity index (χ1v) is 6.04. The standard InChI is InChI=1S/C12H19NO3/c1-6-3-4-10(7(6)2)13-11(14)8-5-9(8)12(15)16/h6-10H,3-5H2,1-2H3,(H,13,14)(H,15,16). The van der Waals surface area contributed by atoms with Gasteiger partial charge in [-0.25, -0.2) is 0 Å². The molecule has 1 amide bonds. The molecule has 16 heavy (non-hydrogen) atoms. The van der Waals surface area contributed by atoms with Crippen LogP contribution in [0.5, 0.6) is 0 Å². The summed E-state index contributed by atoms with van der Waals surface area (Å²) in [6, 6.07) is 0.248. The van der Waals surface area contributed by atoms with Crippen LogP contribution in [0.25, 0.3) is 0 Å². The molecule has 90 valence electrons. The van der Waals surface area contributed by atoms with Gasteiger partial charge in [-0.3, -0.25) is 9.59 Å². The molecule has 4 nitrogen and oxygen atoms in total. The molecule has 2 rings (SSSR count). The Morgan fingerprint density at radius 1 is 1.19 bits per heavy atom. The van der Waals surface area contributed by atoms with E-state index in [1.54, 1.807) is 0 Å². The Hall–Kier alpha value is -1.06. The third-order valence-corrected chi connectivity index (χ3v) is 4.24. The first kappa shape index (κ1) is 11.4. The van der Waals surface area contributed by atoms with Crippen molar-refractivity contribution in [3.63, 3.8) is 0 Å². The Labute approximate surface area is 95.4 Å². The number of aliphatic carboxylic acids is 1. The first-order valence-electron chi connectivity index (χ1n) is 6.04. The SMILES string of the molecule is CC1CCC(NC(=O)C2CC2C(=O)O)C1C. The average molecular weight is 225 g/mol. The van der Waals surface area contributed by atoms with Crippen LogP contribution in [0.4, 0.5) is 0 Å². The molecule has 0 radical (unpaired) electrons. The van der Waals surface area contributed by atoms with Crippen molar-refractivity contribution in [1.82, 2.24) is 5.32 Å². The van der Waals surface area contributed by atoms with Crippen molar-refractivity contribution in [1.29, 1.82) is 0 Å². The molecule has 0 aromatic rings. The van der Waals surface area contributed by atoms with Gasteiger partial charge in [0, 0.05) is 6.04 Å². The molecule has 5 unspecified atom stereocenters. The molecule has 5 atom stereocenters. The van der Waals surface area contributed by atoms with Crippen LogP contribution in [0.2, 0.25) is 0 Å². The maximum Gasteiger partial charge on any atom is 0.307 e. The van der Waals surface area contributed by atoms with E-state index in [1.807, 2.05) is 0 Å². The molecule has 2 aliphatic carbocycles. The van der Waals surface area contributed by atoms with Gasteiger partial charge in [-0.05, 0) is 31.1 Å². The maximum atomic E-state index is 11.8. The lowest BCUT2D eigenvalue weighted by Crippen LogP contribution is -2.38. The number of carbonyl (C=O) groups is 2. The van der Waals surface area contributed by atoms with Crippen molar-refractivity contribution < 1.29 is 14.7 Å². The van der Waals surface area contributed by atoms with E-state index >= 15 is 0 Å². The molecular weight excluding hydrogens is 206 g/mol. The van der Waals surface area contributed by atoms with Crippen LogP contribution in [0.3, 0.4) is 0 Å². The zero-order valence-electron chi connectivity index (χ0n) is 9.77. The lowest BCUT2D eigenvalue weighted by atomic mass is 9.98. The van der Waals surface area contributed by atoms with Crippen LogP contribution in [-0.2, 0) is 9.59 Å². The highest BCUT2D eigenvalue weighted by Gasteiger charge is 2.49. The van der Waals surface area contributed by atoms with E-state index in [0.717, 1.165) is 12.8 Å². The molecule has 2 fully saturated rings. The number of amides is 1. The van der Waals surface area contributed by atoms with Gasteiger partial charge in [0.2, 0.25) is 5.91 Å². The second-order valence-corrected chi connectivity index (χ2v) is 5.32. The molecule has 0 aliphatic heterocycles. The van der Waals surface area contributed by atoms with Gasteiger partial charge in [-0.15, -0.1) is 0 Å². The van der Waals surface area contributed by atoms with Crippen LogP contribution in [0, 0.1) is 23.7 Å². The number of carboxylic acids is 1. The van der Waals surface area contributed by atoms with E-state index < -0.39 is 11.9 Å². The second-order valence-electron chi connectivity index (χ2n) is 5.32. The molecule has 2 saturated carbocycles. The van der Waals surface area contributed by atoms with Gasteiger partial charge in [0.05, 0.1) is 11.8 Å². The summed E-state index contributed by atoms with van der Waals surface area (Å²) in [6.45, 7) is 4.36. The number of hydrogen-bond donors (Lipinski definition) is 2. The number of nitrogens with one attached hydrogen (secondary N) is 1. The van der Waals surface area contributed by atoms with Crippen molar-refractivity contribution in [3.8, 4) is 0 Å². The minimum Gasteiger partial charge on any atom is -0.481 e. The third-order valence-electron chi connectivity index (χ3n) is 4.24. The fourth-order valence-corrected chi connectivity index (χ4v) is 2.62. The Morgan fingerprint density at radius 2 is 1.88 bits per heavy atom. The smallest absolute Gasteiger partial charge is 0.307 e. The fourth-order valence-electron chi connectivity index (χ4n) is 2.62. The summed E-state index contributed by atoms with van der Waals surface area (Å²) < 4.78 is 0. The maximum absolute atomic E-state index is 11.8. The summed E-state index contributed by atoms with van der Waals surface area (Å²) in [5, 5.41) is 11.8. The van der Waals surface area contributed by atoms with Crippen molar-refractivity contribution in [2.24, 2.45) is 23.7 Å². The first-order chi connectivity index (χ1) is 7.50. The van der Waals surface area contributed by atoms with Crippen molar-refractivity contribution in [3.05, 3.63) is 0 Å². The second kappa shape index (κ2) is 4.07. The van der Waals surface area contributed by atoms with E-state index in [0.29, 0.717) is 18.3 Å². The number of carboxylic acid groups (broad SMARTS) is 1. The Balaban J connectivity index is 1.83. The van der Waals surface area contributed by atoms with Crippen LogP contribution in [0.1, 0.15) is 33.1 Å². The highest BCUT2D eigenvalue weighted by Crippen LogP contribution is 2.39. The van der Waals surface area contributed by atoms with E-state index in [9.17, 15) is 9.59 Å². The van der Waals surface area contributed by atoms with Gasteiger partial charge in [-0.1, -0.05) is 13.8 Å². The van der Waals surface area contributed by atoms with Gasteiger partial charge < -0.3 is 10.4 Å². The Bertz CT molecular complexity index is 315. The lowest BCUT2D eigenvalue weighted by Gasteiger charge is -2.19. The topological polar surface area (TPSA) is 66.4 Å². The third kappa shape index (κ3) is 2.06. The van der Waals surface area contributed by atoms with Gasteiger partial charge in [-0.2, -0.15) is 0 Å². The number of carbonyl (C=O) groups excluding carboxylic acids is 1. The van der Waals surface area contributed by atoms with E-state index in [4.69, 9.17) is 5.11 Å². The van der Waals surface area contributed by atoms with Gasteiger partial charge in [0.25, 0.3) is 0 Å². The zero-order valence-corrected chi connectivity index (χ0v) is 9.77. The minimum absolute atomic E-state index is 0.0571. The fraction of sp³-hybridized carbons (Fsp3) is 0.833. The highest BCUT2D eigenvalue weighted by atomic mass is 16.4. The predicted molar refractivity (Wildman–Crippen MR) is 58.7 cm³/mol. The molecule has 0 spiro atoms. The molecule has 2 N–H and O–H groups in total. The summed E-state index contributed by atoms with van der Waals surface area (Å²) in [4.78, 5) is 22.4. The van der Waals surface area contributed by atoms with Gasteiger partial charge >= 0.3 is 5.97 Å². The molecule has 0 aromatic heterocycles. The van der Waals surface area contributed by atoms with Crippen LogP contribution < -0.4 is 5.32 Å². The molecule has 2 aliphatic rings. The monoisotopic (exact) mass is 225 g/mol. The largest absolute Gasteiger partial charge is 0.481 e. The summed E-state index contributed by atoms with van der Waals surface area (Å²) in [7, 11) is 0.